The fourth-order valence-corrected chi connectivity index (χ4v) is 4.09. The van der Waals surface area contributed by atoms with Crippen molar-refractivity contribution in [2.75, 3.05) is 35.0 Å². The topological polar surface area (TPSA) is 136 Å². The molecule has 3 aromatic rings. The molecule has 0 bridgehead atoms. The Balaban J connectivity index is 1.92. The molecule has 0 aliphatic rings. The van der Waals surface area contributed by atoms with Crippen molar-refractivity contribution in [3.05, 3.63) is 66.1 Å². The van der Waals surface area contributed by atoms with Crippen molar-refractivity contribution in [2.45, 2.75) is 12.6 Å². The highest BCUT2D eigenvalue weighted by molar-refractivity contribution is 7.90. The maximum absolute atomic E-state index is 13.4. The number of ether oxygens (including phenoxy) is 1. The van der Waals surface area contributed by atoms with Crippen molar-refractivity contribution < 1.29 is 31.1 Å². The average molecular weight is 570 g/mol. The summed E-state index contributed by atoms with van der Waals surface area (Å²) in [6.07, 6.45) is -1.70. The molecule has 1 heterocycles. The molecule has 0 aliphatic carbocycles. The number of sulfone groups is 1. The zero-order valence-corrected chi connectivity index (χ0v) is 21.5. The van der Waals surface area contributed by atoms with E-state index in [1.54, 1.807) is 24.3 Å². The molecule has 0 atom stereocenters. The van der Waals surface area contributed by atoms with Gasteiger partial charge in [0.15, 0.2) is 0 Å². The number of aromatic nitrogens is 2. The Bertz CT molecular complexity index is 1470. The summed E-state index contributed by atoms with van der Waals surface area (Å²) in [5, 5.41) is 4.81. The van der Waals surface area contributed by atoms with E-state index in [0.717, 1.165) is 12.3 Å². The molecule has 3 rings (SSSR count). The van der Waals surface area contributed by atoms with Crippen molar-refractivity contribution >= 4 is 50.2 Å². The van der Waals surface area contributed by atoms with Crippen molar-refractivity contribution in [3.8, 4) is 16.9 Å². The number of carbonyl (C=O) groups excluding carboxylic acids is 1. The summed E-state index contributed by atoms with van der Waals surface area (Å²) in [4.78, 5) is 19.1. The minimum Gasteiger partial charge on any atom is -0.491 e. The molecule has 1 aromatic heterocycles. The fraction of sp³-hybridized carbons (Fsp3) is 0.208. The number of nitrogen functional groups attached to an aromatic ring is 1. The molecule has 0 saturated carbocycles. The summed E-state index contributed by atoms with van der Waals surface area (Å²) in [6, 6.07) is 9.32. The van der Waals surface area contributed by atoms with Crippen molar-refractivity contribution in [1.29, 1.82) is 0 Å². The van der Waals surface area contributed by atoms with Gasteiger partial charge < -0.3 is 21.1 Å². The Morgan fingerprint density at radius 1 is 1.24 bits per heavy atom. The van der Waals surface area contributed by atoms with Crippen molar-refractivity contribution in [2.24, 2.45) is 0 Å². The maximum Gasteiger partial charge on any atom is 0.421 e. The van der Waals surface area contributed by atoms with Crippen LogP contribution in [0.2, 0.25) is 5.28 Å². The van der Waals surface area contributed by atoms with Crippen LogP contribution in [-0.4, -0.2) is 42.9 Å². The van der Waals surface area contributed by atoms with E-state index in [1.165, 1.54) is 12.1 Å². The first-order valence-corrected chi connectivity index (χ1v) is 13.4. The normalized spacial score (nSPS) is 11.6. The number of halogens is 4. The monoisotopic (exact) mass is 569 g/mol. The van der Waals surface area contributed by atoms with Crippen LogP contribution in [0.4, 0.5) is 36.1 Å². The predicted octanol–water partition coefficient (Wildman–Crippen LogP) is 5.08. The van der Waals surface area contributed by atoms with E-state index < -0.39 is 33.3 Å². The highest BCUT2D eigenvalue weighted by atomic mass is 35.5. The number of hydrogen-bond acceptors (Lipinski definition) is 8. The molecule has 9 nitrogen and oxygen atoms in total. The van der Waals surface area contributed by atoms with Crippen LogP contribution in [-0.2, 0) is 20.8 Å². The molecule has 0 unspecified atom stereocenters. The molecule has 38 heavy (non-hydrogen) atoms. The first-order chi connectivity index (χ1) is 17.8. The van der Waals surface area contributed by atoms with Crippen LogP contribution >= 0.6 is 11.6 Å². The molecule has 0 spiro atoms. The second-order valence-electron chi connectivity index (χ2n) is 8.06. The lowest BCUT2D eigenvalue weighted by molar-refractivity contribution is -0.137. The minimum atomic E-state index is -4.74. The van der Waals surface area contributed by atoms with Crippen LogP contribution in [0.3, 0.4) is 0 Å². The molecule has 0 aliphatic heterocycles. The number of hydrogen-bond donors (Lipinski definition) is 3. The van der Waals surface area contributed by atoms with Gasteiger partial charge in [-0.05, 0) is 53.9 Å². The van der Waals surface area contributed by atoms with E-state index in [0.29, 0.717) is 29.5 Å². The third-order valence-electron chi connectivity index (χ3n) is 5.03. The van der Waals surface area contributed by atoms with E-state index in [9.17, 15) is 26.4 Å². The van der Waals surface area contributed by atoms with Gasteiger partial charge in [-0.2, -0.15) is 18.2 Å². The molecule has 202 valence electrons. The molecule has 0 saturated heterocycles. The van der Waals surface area contributed by atoms with E-state index in [2.05, 4.69) is 27.2 Å². The number of nitrogens with one attached hydrogen (secondary N) is 2. The quantitative estimate of drug-likeness (QED) is 0.133. The van der Waals surface area contributed by atoms with Gasteiger partial charge in [0.05, 0.1) is 23.7 Å². The van der Waals surface area contributed by atoms with Gasteiger partial charge in [-0.25, -0.2) is 13.4 Å². The number of nitrogens with two attached hydrogens (primary N) is 1. The lowest BCUT2D eigenvalue weighted by Crippen LogP contribution is -2.12. The standard InChI is InChI=1S/C24H23ClF3N5O4S/c1-3-21(34)32-19-12-15(31-22-17(24(26,27)28)13-30-23(25)33-22)6-7-16(19)14-5-8-20(18(29)11-14)37-9-4-10-38(2,35)36/h3,5-8,11-13H,1,4,9-10,29H2,2H3,(H,32,34)(H,30,31,33). The molecule has 1 amide bonds. The van der Waals surface area contributed by atoms with Gasteiger partial charge in [0.2, 0.25) is 11.2 Å². The molecule has 4 N–H and O–H groups in total. The Hall–Kier alpha value is -3.84. The molecular formula is C24H23ClF3N5O4S. The van der Waals surface area contributed by atoms with Crippen molar-refractivity contribution in [3.63, 3.8) is 0 Å². The summed E-state index contributed by atoms with van der Waals surface area (Å²) in [5.41, 5.74) is 6.74. The van der Waals surface area contributed by atoms with E-state index in [4.69, 9.17) is 22.1 Å². The van der Waals surface area contributed by atoms with Gasteiger partial charge in [0.1, 0.15) is 27.0 Å². The first-order valence-electron chi connectivity index (χ1n) is 10.9. The summed E-state index contributed by atoms with van der Waals surface area (Å²) >= 11 is 5.70. The number of amides is 1. The van der Waals surface area contributed by atoms with Crippen LogP contribution in [0.25, 0.3) is 11.1 Å². The van der Waals surface area contributed by atoms with E-state index >= 15 is 0 Å². The number of rotatable bonds is 10. The van der Waals surface area contributed by atoms with Gasteiger partial charge in [-0.3, -0.25) is 4.79 Å². The molecule has 0 fully saturated rings. The van der Waals surface area contributed by atoms with E-state index in [-0.39, 0.29) is 34.7 Å². The lowest BCUT2D eigenvalue weighted by atomic mass is 10.0. The zero-order chi connectivity index (χ0) is 28.1. The van der Waals surface area contributed by atoms with Gasteiger partial charge in [-0.1, -0.05) is 18.7 Å². The Kier molecular flexibility index (Phi) is 8.84. The molecule has 0 radical (unpaired) electrons. The molecular weight excluding hydrogens is 547 g/mol. The van der Waals surface area contributed by atoms with Crippen molar-refractivity contribution in [1.82, 2.24) is 9.97 Å². The van der Waals surface area contributed by atoms with Crippen LogP contribution < -0.4 is 21.1 Å². The second-order valence-corrected chi connectivity index (χ2v) is 10.7. The maximum atomic E-state index is 13.4. The van der Waals surface area contributed by atoms with Gasteiger partial charge in [0, 0.05) is 23.7 Å². The smallest absolute Gasteiger partial charge is 0.421 e. The number of carbonyl (C=O) groups is 1. The Morgan fingerprint density at radius 3 is 2.61 bits per heavy atom. The number of alkyl halides is 3. The third kappa shape index (κ3) is 7.83. The average Bonchev–Trinajstić information content (AvgIpc) is 2.81. The molecule has 14 heteroatoms. The highest BCUT2D eigenvalue weighted by Crippen LogP contribution is 2.38. The predicted molar refractivity (Wildman–Crippen MR) is 140 cm³/mol. The first kappa shape index (κ1) is 28.7. The number of anilines is 4. The van der Waals surface area contributed by atoms with Gasteiger partial charge in [-0.15, -0.1) is 0 Å². The van der Waals surface area contributed by atoms with Gasteiger partial charge in [0.25, 0.3) is 0 Å². The van der Waals surface area contributed by atoms with Crippen LogP contribution in [0.5, 0.6) is 5.75 Å². The Morgan fingerprint density at radius 2 is 1.97 bits per heavy atom. The second kappa shape index (κ2) is 11.7. The van der Waals surface area contributed by atoms with Crippen LogP contribution in [0.15, 0.2) is 55.3 Å². The number of nitrogens with zero attached hydrogens (tertiary/aromatic N) is 2. The largest absolute Gasteiger partial charge is 0.491 e. The summed E-state index contributed by atoms with van der Waals surface area (Å²) in [7, 11) is -3.11. The van der Waals surface area contributed by atoms with E-state index in [1.807, 2.05) is 0 Å². The SMILES string of the molecule is C=CC(=O)Nc1cc(Nc2nc(Cl)ncc2C(F)(F)F)ccc1-c1ccc(OCCCS(C)(=O)=O)c(N)c1. The van der Waals surface area contributed by atoms with Crippen LogP contribution in [0, 0.1) is 0 Å². The summed E-state index contributed by atoms with van der Waals surface area (Å²) in [5.74, 6) is -0.794. The third-order valence-corrected chi connectivity index (χ3v) is 6.24. The zero-order valence-electron chi connectivity index (χ0n) is 20.0. The Labute approximate surface area is 221 Å². The fourth-order valence-electron chi connectivity index (χ4n) is 3.31. The summed E-state index contributed by atoms with van der Waals surface area (Å²) in [6.45, 7) is 3.56. The van der Waals surface area contributed by atoms with Gasteiger partial charge >= 0.3 is 6.18 Å². The number of benzene rings is 2. The van der Waals surface area contributed by atoms with Crippen LogP contribution in [0.1, 0.15) is 12.0 Å². The lowest BCUT2D eigenvalue weighted by Gasteiger charge is -2.17. The molecule has 2 aromatic carbocycles. The minimum absolute atomic E-state index is 0.0244. The summed E-state index contributed by atoms with van der Waals surface area (Å²) < 4.78 is 68.3. The highest BCUT2D eigenvalue weighted by Gasteiger charge is 2.35.